The zero-order chi connectivity index (χ0) is 21.8. The Bertz CT molecular complexity index is 1280. The van der Waals surface area contributed by atoms with Crippen molar-refractivity contribution in [2.75, 3.05) is 6.61 Å². The summed E-state index contributed by atoms with van der Waals surface area (Å²) in [5.74, 6) is 0.424. The summed E-state index contributed by atoms with van der Waals surface area (Å²) in [4.78, 5) is 33.3. The first-order valence-corrected chi connectivity index (χ1v) is 10.7. The lowest BCUT2D eigenvalue weighted by Crippen LogP contribution is -2.18. The van der Waals surface area contributed by atoms with Crippen molar-refractivity contribution < 1.29 is 14.3 Å². The molecule has 6 nitrogen and oxygen atoms in total. The van der Waals surface area contributed by atoms with Crippen molar-refractivity contribution in [2.45, 2.75) is 26.9 Å². The monoisotopic (exact) mass is 434 g/mol. The number of hydrogen-bond donors (Lipinski definition) is 1. The maximum absolute atomic E-state index is 12.3. The van der Waals surface area contributed by atoms with E-state index in [1.807, 2.05) is 68.4 Å². The van der Waals surface area contributed by atoms with Gasteiger partial charge in [-0.15, -0.1) is 11.3 Å². The molecule has 7 heteroatoms. The van der Waals surface area contributed by atoms with Crippen molar-refractivity contribution >= 4 is 27.5 Å². The van der Waals surface area contributed by atoms with Gasteiger partial charge in [-0.1, -0.05) is 48.5 Å². The number of esters is 1. The topological polar surface area (TPSA) is 81.3 Å². The Morgan fingerprint density at radius 1 is 1.06 bits per heavy atom. The van der Waals surface area contributed by atoms with Crippen molar-refractivity contribution in [2.24, 2.45) is 0 Å². The van der Waals surface area contributed by atoms with E-state index in [0.717, 1.165) is 21.6 Å². The molecule has 0 radical (unpaired) electrons. The zero-order valence-electron chi connectivity index (χ0n) is 17.3. The number of H-pyrrole nitrogens is 1. The van der Waals surface area contributed by atoms with Gasteiger partial charge in [0.15, 0.2) is 6.61 Å². The number of aryl methyl sites for hydroxylation is 2. The number of para-hydroxylation sites is 1. The van der Waals surface area contributed by atoms with Crippen LogP contribution in [0.5, 0.6) is 5.75 Å². The molecule has 0 unspecified atom stereocenters. The number of thiophene rings is 1. The fourth-order valence-corrected chi connectivity index (χ4v) is 4.35. The zero-order valence-corrected chi connectivity index (χ0v) is 18.1. The third-order valence-electron chi connectivity index (χ3n) is 5.01. The first-order chi connectivity index (χ1) is 15.0. The Kier molecular flexibility index (Phi) is 6.13. The molecule has 4 rings (SSSR count). The van der Waals surface area contributed by atoms with Gasteiger partial charge in [0.05, 0.1) is 5.39 Å². The van der Waals surface area contributed by atoms with Crippen molar-refractivity contribution in [3.05, 3.63) is 92.3 Å². The van der Waals surface area contributed by atoms with E-state index in [1.54, 1.807) is 0 Å². The maximum Gasteiger partial charge on any atom is 0.344 e. The Hall–Kier alpha value is -3.45. The van der Waals surface area contributed by atoms with Crippen molar-refractivity contribution in [3.8, 4) is 5.75 Å². The predicted octanol–water partition coefficient (Wildman–Crippen LogP) is 4.31. The molecule has 0 spiro atoms. The molecule has 0 fully saturated rings. The average molecular weight is 435 g/mol. The Balaban J connectivity index is 1.37. The second-order valence-corrected chi connectivity index (χ2v) is 8.40. The fourth-order valence-electron chi connectivity index (χ4n) is 3.30. The van der Waals surface area contributed by atoms with E-state index in [9.17, 15) is 9.59 Å². The molecule has 2 aromatic heterocycles. The highest BCUT2D eigenvalue weighted by atomic mass is 32.1. The van der Waals surface area contributed by atoms with Gasteiger partial charge in [-0.25, -0.2) is 9.78 Å². The van der Waals surface area contributed by atoms with E-state index >= 15 is 0 Å². The summed E-state index contributed by atoms with van der Waals surface area (Å²) < 4.78 is 11.0. The van der Waals surface area contributed by atoms with Crippen LogP contribution in [0.25, 0.3) is 10.2 Å². The molecule has 0 aliphatic carbocycles. The normalized spacial score (nSPS) is 10.9. The van der Waals surface area contributed by atoms with E-state index in [-0.39, 0.29) is 18.8 Å². The van der Waals surface area contributed by atoms with Crippen molar-refractivity contribution in [3.63, 3.8) is 0 Å². The van der Waals surface area contributed by atoms with Gasteiger partial charge >= 0.3 is 5.97 Å². The number of fused-ring (bicyclic) bond motifs is 1. The summed E-state index contributed by atoms with van der Waals surface area (Å²) >= 11 is 1.45. The molecule has 0 atom stereocenters. The van der Waals surface area contributed by atoms with Crippen LogP contribution in [0.1, 0.15) is 27.4 Å². The van der Waals surface area contributed by atoms with Crippen LogP contribution in [-0.2, 0) is 22.6 Å². The molecule has 2 aromatic carbocycles. The fraction of sp³-hybridized carbons (Fsp3) is 0.208. The number of ether oxygens (including phenoxy) is 2. The molecular formula is C24H22N2O4S. The summed E-state index contributed by atoms with van der Waals surface area (Å²) in [6, 6.07) is 17.7. The molecule has 0 bridgehead atoms. The van der Waals surface area contributed by atoms with Gasteiger partial charge in [0, 0.05) is 11.3 Å². The van der Waals surface area contributed by atoms with E-state index < -0.39 is 5.97 Å². The summed E-state index contributed by atoms with van der Waals surface area (Å²) in [7, 11) is 0. The highest BCUT2D eigenvalue weighted by Gasteiger charge is 2.13. The second kappa shape index (κ2) is 9.14. The maximum atomic E-state index is 12.3. The quantitative estimate of drug-likeness (QED) is 0.438. The van der Waals surface area contributed by atoms with E-state index in [1.165, 1.54) is 11.3 Å². The second-order valence-electron chi connectivity index (χ2n) is 7.20. The van der Waals surface area contributed by atoms with Crippen LogP contribution < -0.4 is 10.3 Å². The van der Waals surface area contributed by atoms with Gasteiger partial charge in [-0.3, -0.25) is 4.79 Å². The third kappa shape index (κ3) is 4.83. The number of benzene rings is 2. The Morgan fingerprint density at radius 3 is 2.61 bits per heavy atom. The molecule has 31 heavy (non-hydrogen) atoms. The van der Waals surface area contributed by atoms with Gasteiger partial charge in [-0.2, -0.15) is 0 Å². The van der Waals surface area contributed by atoms with Crippen LogP contribution in [0.15, 0.2) is 59.4 Å². The van der Waals surface area contributed by atoms with Crippen LogP contribution in [0.2, 0.25) is 0 Å². The minimum Gasteiger partial charge on any atom is -0.482 e. The smallest absolute Gasteiger partial charge is 0.344 e. The van der Waals surface area contributed by atoms with E-state index in [0.29, 0.717) is 28.2 Å². The van der Waals surface area contributed by atoms with Crippen LogP contribution in [0.3, 0.4) is 0 Å². The number of nitrogens with zero attached hydrogens (tertiary/aromatic N) is 1. The summed E-state index contributed by atoms with van der Waals surface area (Å²) in [6.07, 6.45) is 0.705. The van der Waals surface area contributed by atoms with Gasteiger partial charge in [0.1, 0.15) is 23.0 Å². The van der Waals surface area contributed by atoms with Crippen LogP contribution >= 0.6 is 11.3 Å². The molecular weight excluding hydrogens is 412 g/mol. The number of carbonyl (C=O) groups is 1. The highest BCUT2D eigenvalue weighted by Crippen LogP contribution is 2.25. The lowest BCUT2D eigenvalue weighted by molar-refractivity contribution is -0.147. The van der Waals surface area contributed by atoms with Crippen LogP contribution in [-0.4, -0.2) is 22.5 Å². The molecule has 0 amide bonds. The number of hydrogen-bond acceptors (Lipinski definition) is 6. The molecule has 4 aromatic rings. The third-order valence-corrected chi connectivity index (χ3v) is 6.11. The number of nitrogens with one attached hydrogen (secondary N) is 1. The minimum atomic E-state index is -0.532. The molecule has 0 aliphatic rings. The average Bonchev–Trinajstić information content (AvgIpc) is 3.06. The SMILES string of the molecule is Cc1sc2nc(COC(=O)COc3ccccc3Cc3ccccc3)[nH]c(=O)c2c1C. The highest BCUT2D eigenvalue weighted by molar-refractivity contribution is 7.18. The predicted molar refractivity (Wildman–Crippen MR) is 121 cm³/mol. The van der Waals surface area contributed by atoms with Gasteiger partial charge in [0.25, 0.3) is 5.56 Å². The van der Waals surface area contributed by atoms with E-state index in [2.05, 4.69) is 9.97 Å². The van der Waals surface area contributed by atoms with Crippen molar-refractivity contribution in [1.82, 2.24) is 9.97 Å². The molecule has 1 N–H and O–H groups in total. The van der Waals surface area contributed by atoms with Gasteiger partial charge in [-0.05, 0) is 36.6 Å². The molecule has 0 saturated carbocycles. The first kappa shape index (κ1) is 20.8. The van der Waals surface area contributed by atoms with Crippen molar-refractivity contribution in [1.29, 1.82) is 0 Å². The first-order valence-electron chi connectivity index (χ1n) is 9.90. The molecule has 0 saturated heterocycles. The van der Waals surface area contributed by atoms with Crippen LogP contribution in [0.4, 0.5) is 0 Å². The number of aromatic amines is 1. The summed E-state index contributed by atoms with van der Waals surface area (Å²) in [5, 5.41) is 0.593. The van der Waals surface area contributed by atoms with Gasteiger partial charge in [0.2, 0.25) is 0 Å². The number of aromatic nitrogens is 2. The summed E-state index contributed by atoms with van der Waals surface area (Å²) in [6.45, 7) is 3.51. The Morgan fingerprint density at radius 2 is 1.81 bits per heavy atom. The largest absolute Gasteiger partial charge is 0.482 e. The van der Waals surface area contributed by atoms with Gasteiger partial charge < -0.3 is 14.5 Å². The summed E-state index contributed by atoms with van der Waals surface area (Å²) in [5.41, 5.74) is 2.86. The number of rotatable bonds is 7. The van der Waals surface area contributed by atoms with Crippen LogP contribution in [0, 0.1) is 13.8 Å². The standard InChI is InChI=1S/C24H22N2O4S/c1-15-16(2)31-24-22(15)23(28)25-20(26-24)13-30-21(27)14-29-19-11-7-6-10-18(19)12-17-8-4-3-5-9-17/h3-11H,12-14H2,1-2H3,(H,25,26,28). The Labute approximate surface area is 183 Å². The molecule has 158 valence electrons. The molecule has 0 aliphatic heterocycles. The number of carbonyl (C=O) groups excluding carboxylic acids is 1. The lowest BCUT2D eigenvalue weighted by atomic mass is 10.0. The van der Waals surface area contributed by atoms with E-state index in [4.69, 9.17) is 9.47 Å². The lowest BCUT2D eigenvalue weighted by Gasteiger charge is -2.11. The minimum absolute atomic E-state index is 0.116. The molecule has 2 heterocycles.